The average Bonchev–Trinajstić information content (AvgIpc) is 3.94. The molecule has 12 aromatic rings. The van der Waals surface area contributed by atoms with Crippen LogP contribution in [0, 0.1) is 0 Å². The molecule has 0 saturated heterocycles. The van der Waals surface area contributed by atoms with Crippen molar-refractivity contribution in [1.82, 2.24) is 0 Å². The van der Waals surface area contributed by atoms with Crippen LogP contribution in [0.15, 0.2) is 265 Å². The fourth-order valence-corrected chi connectivity index (χ4v) is 10.9. The van der Waals surface area contributed by atoms with E-state index in [4.69, 9.17) is 4.42 Å². The zero-order valence-corrected chi connectivity index (χ0v) is 36.7. The minimum atomic E-state index is -0.520. The third-order valence-corrected chi connectivity index (χ3v) is 14.0. The lowest BCUT2D eigenvalue weighted by Gasteiger charge is -2.35. The van der Waals surface area contributed by atoms with Crippen LogP contribution < -0.4 is 4.90 Å². The smallest absolute Gasteiger partial charge is 0.136 e. The highest BCUT2D eigenvalue weighted by Gasteiger charge is 2.46. The molecule has 0 unspecified atom stereocenters. The van der Waals surface area contributed by atoms with Crippen molar-refractivity contribution in [2.45, 2.75) is 5.41 Å². The molecule has 2 heteroatoms. The summed E-state index contributed by atoms with van der Waals surface area (Å²) < 4.78 is 6.31. The fourth-order valence-electron chi connectivity index (χ4n) is 10.9. The number of para-hydroxylation sites is 1. The molecular weight excluding hydrogens is 811 g/mol. The maximum absolute atomic E-state index is 6.31. The zero-order valence-electron chi connectivity index (χ0n) is 36.7. The van der Waals surface area contributed by atoms with Crippen LogP contribution in [0.5, 0.6) is 0 Å². The SMILES string of the molecule is c1ccc(C2(c3ccccc3)c3ccccc3-c3ccc(N(c4ccc(-c5ccc(-c6cccc7ccccc67)cc5)cc4)c4ccc(-c5cccc6oc7ccccc7c56)cc4)cc32)cc1. The van der Waals surface area contributed by atoms with Crippen molar-refractivity contribution in [2.24, 2.45) is 0 Å². The molecular formula is C65H43NO. The second-order valence-corrected chi connectivity index (χ2v) is 17.6. The number of anilines is 3. The van der Waals surface area contributed by atoms with Gasteiger partial charge in [0.1, 0.15) is 11.2 Å². The van der Waals surface area contributed by atoms with E-state index in [0.717, 1.165) is 50.1 Å². The Hall–Kier alpha value is -8.72. The second-order valence-electron chi connectivity index (χ2n) is 17.6. The monoisotopic (exact) mass is 853 g/mol. The first-order valence-electron chi connectivity index (χ1n) is 23.1. The summed E-state index contributed by atoms with van der Waals surface area (Å²) >= 11 is 0. The van der Waals surface area contributed by atoms with Gasteiger partial charge >= 0.3 is 0 Å². The number of fused-ring (bicyclic) bond motifs is 7. The molecule has 0 saturated carbocycles. The van der Waals surface area contributed by atoms with Gasteiger partial charge in [-0.2, -0.15) is 0 Å². The van der Waals surface area contributed by atoms with Gasteiger partial charge in [-0.3, -0.25) is 0 Å². The summed E-state index contributed by atoms with van der Waals surface area (Å²) in [6, 6.07) is 95.1. The molecule has 1 aliphatic rings. The van der Waals surface area contributed by atoms with E-state index in [9.17, 15) is 0 Å². The molecule has 0 amide bonds. The highest BCUT2D eigenvalue weighted by atomic mass is 16.3. The average molecular weight is 854 g/mol. The Morgan fingerprint density at radius 2 is 0.776 bits per heavy atom. The molecule has 314 valence electrons. The second kappa shape index (κ2) is 15.8. The molecule has 0 fully saturated rings. The van der Waals surface area contributed by atoms with E-state index in [1.807, 2.05) is 12.1 Å². The Balaban J connectivity index is 0.952. The van der Waals surface area contributed by atoms with Gasteiger partial charge in [0.2, 0.25) is 0 Å². The Labute approximate surface area is 390 Å². The van der Waals surface area contributed by atoms with E-state index in [2.05, 4.69) is 254 Å². The van der Waals surface area contributed by atoms with Crippen LogP contribution in [0.25, 0.3) is 77.2 Å². The van der Waals surface area contributed by atoms with Gasteiger partial charge in [0, 0.05) is 27.8 Å². The molecule has 1 heterocycles. The third-order valence-electron chi connectivity index (χ3n) is 14.0. The van der Waals surface area contributed by atoms with Crippen molar-refractivity contribution >= 4 is 49.8 Å². The van der Waals surface area contributed by atoms with Gasteiger partial charge in [-0.15, -0.1) is 0 Å². The van der Waals surface area contributed by atoms with Gasteiger partial charge < -0.3 is 9.32 Å². The van der Waals surface area contributed by atoms with E-state index < -0.39 is 5.41 Å². The molecule has 0 N–H and O–H groups in total. The maximum atomic E-state index is 6.31. The van der Waals surface area contributed by atoms with Crippen molar-refractivity contribution in [3.63, 3.8) is 0 Å². The molecule has 13 rings (SSSR count). The highest BCUT2D eigenvalue weighted by molar-refractivity contribution is 6.12. The lowest BCUT2D eigenvalue weighted by Crippen LogP contribution is -2.28. The first-order valence-corrected chi connectivity index (χ1v) is 23.1. The summed E-state index contributed by atoms with van der Waals surface area (Å²) in [6.45, 7) is 0. The first-order chi connectivity index (χ1) is 33.2. The molecule has 0 radical (unpaired) electrons. The van der Waals surface area contributed by atoms with Crippen LogP contribution in [0.1, 0.15) is 22.3 Å². The van der Waals surface area contributed by atoms with Gasteiger partial charge in [0.15, 0.2) is 0 Å². The summed E-state index contributed by atoms with van der Waals surface area (Å²) in [7, 11) is 0. The Morgan fingerprint density at radius 3 is 1.51 bits per heavy atom. The molecule has 1 aliphatic carbocycles. The van der Waals surface area contributed by atoms with Crippen LogP contribution in [-0.2, 0) is 5.41 Å². The van der Waals surface area contributed by atoms with Crippen LogP contribution in [0.4, 0.5) is 17.1 Å². The van der Waals surface area contributed by atoms with Crippen molar-refractivity contribution < 1.29 is 4.42 Å². The number of nitrogens with zero attached hydrogens (tertiary/aromatic N) is 1. The Bertz CT molecular complexity index is 3730. The normalized spacial score (nSPS) is 12.6. The number of benzene rings is 11. The van der Waals surface area contributed by atoms with Crippen molar-refractivity contribution in [1.29, 1.82) is 0 Å². The van der Waals surface area contributed by atoms with Crippen molar-refractivity contribution in [2.75, 3.05) is 4.90 Å². The van der Waals surface area contributed by atoms with Crippen molar-refractivity contribution in [3.05, 3.63) is 283 Å². The molecule has 0 aliphatic heterocycles. The topological polar surface area (TPSA) is 16.4 Å². The molecule has 67 heavy (non-hydrogen) atoms. The van der Waals surface area contributed by atoms with Crippen LogP contribution >= 0.6 is 0 Å². The largest absolute Gasteiger partial charge is 0.456 e. The minimum absolute atomic E-state index is 0.520. The standard InChI is InChI=1S/C65H43NO/c1-3-17-49(18-4-1)65(50-19-5-2-6-20-50)60-26-11-9-22-57(60)58-42-41-53(43-61(58)65)66(52-39-35-48(36-40-52)56-25-14-28-63-64(56)59-23-10-12-27-62(59)67-63)51-37-33-45(34-38-51)44-29-31-47(32-30-44)55-24-13-16-46-15-7-8-21-54(46)55/h1-43H. The fraction of sp³-hybridized carbons (Fsp3) is 0.0154. The number of hydrogen-bond donors (Lipinski definition) is 0. The molecule has 1 aromatic heterocycles. The Kier molecular flexibility index (Phi) is 9.11. The Morgan fingerprint density at radius 1 is 0.299 bits per heavy atom. The van der Waals surface area contributed by atoms with Gasteiger partial charge in [0.25, 0.3) is 0 Å². The van der Waals surface area contributed by atoms with Gasteiger partial charge in [-0.1, -0.05) is 212 Å². The quantitative estimate of drug-likeness (QED) is 0.151. The predicted molar refractivity (Wildman–Crippen MR) is 280 cm³/mol. The van der Waals surface area contributed by atoms with Crippen LogP contribution in [0.2, 0.25) is 0 Å². The van der Waals surface area contributed by atoms with E-state index >= 15 is 0 Å². The number of furan rings is 1. The molecule has 0 spiro atoms. The summed E-state index contributed by atoms with van der Waals surface area (Å²) in [5, 5.41) is 4.78. The van der Waals surface area contributed by atoms with E-state index in [-0.39, 0.29) is 0 Å². The highest BCUT2D eigenvalue weighted by Crippen LogP contribution is 2.57. The summed E-state index contributed by atoms with van der Waals surface area (Å²) in [5.74, 6) is 0. The lowest BCUT2D eigenvalue weighted by atomic mass is 9.67. The summed E-state index contributed by atoms with van der Waals surface area (Å²) in [5.41, 5.74) is 19.2. The number of rotatable bonds is 8. The van der Waals surface area contributed by atoms with E-state index in [1.165, 1.54) is 66.4 Å². The van der Waals surface area contributed by atoms with Crippen LogP contribution in [-0.4, -0.2) is 0 Å². The van der Waals surface area contributed by atoms with E-state index in [0.29, 0.717) is 0 Å². The van der Waals surface area contributed by atoms with Gasteiger partial charge in [-0.25, -0.2) is 0 Å². The van der Waals surface area contributed by atoms with E-state index in [1.54, 1.807) is 0 Å². The van der Waals surface area contributed by atoms with Crippen LogP contribution in [0.3, 0.4) is 0 Å². The molecule has 11 aromatic carbocycles. The summed E-state index contributed by atoms with van der Waals surface area (Å²) in [6.07, 6.45) is 0. The predicted octanol–water partition coefficient (Wildman–Crippen LogP) is 17.6. The molecule has 0 atom stereocenters. The third kappa shape index (κ3) is 6.26. The van der Waals surface area contributed by atoms with Gasteiger partial charge in [0.05, 0.1) is 5.41 Å². The lowest BCUT2D eigenvalue weighted by molar-refractivity contribution is 0.669. The van der Waals surface area contributed by atoms with Crippen molar-refractivity contribution in [3.8, 4) is 44.5 Å². The minimum Gasteiger partial charge on any atom is -0.456 e. The molecule has 2 nitrogen and oxygen atoms in total. The number of hydrogen-bond acceptors (Lipinski definition) is 2. The zero-order chi connectivity index (χ0) is 44.3. The first kappa shape index (κ1) is 38.7. The maximum Gasteiger partial charge on any atom is 0.136 e. The summed E-state index contributed by atoms with van der Waals surface area (Å²) in [4.78, 5) is 2.41. The van der Waals surface area contributed by atoms with Gasteiger partial charge in [-0.05, 0) is 126 Å². The molecule has 0 bridgehead atoms.